The molecule has 0 bridgehead atoms. The molecule has 1 amide bonds. The summed E-state index contributed by atoms with van der Waals surface area (Å²) in [6, 6.07) is 2.31. The summed E-state index contributed by atoms with van der Waals surface area (Å²) < 4.78 is 29.2. The van der Waals surface area contributed by atoms with Gasteiger partial charge in [-0.3, -0.25) is 4.79 Å². The van der Waals surface area contributed by atoms with Crippen molar-refractivity contribution in [3.8, 4) is 0 Å². The third-order valence-electron chi connectivity index (χ3n) is 3.60. The number of benzene rings is 1. The Morgan fingerprint density at radius 2 is 2.17 bits per heavy atom. The summed E-state index contributed by atoms with van der Waals surface area (Å²) in [7, 11) is 0. The zero-order chi connectivity index (χ0) is 16.9. The molecule has 3 rings (SSSR count). The predicted octanol–water partition coefficient (Wildman–Crippen LogP) is 1.68. The number of carbonyl (C=O) groups is 2. The van der Waals surface area contributed by atoms with E-state index >= 15 is 0 Å². The van der Waals surface area contributed by atoms with Crippen molar-refractivity contribution in [2.75, 3.05) is 0 Å². The molecule has 2 heterocycles. The Morgan fingerprint density at radius 3 is 2.83 bits per heavy atom. The molecule has 1 atom stereocenters. The molecular formula is C13H9BrF2N4O3. The maximum absolute atomic E-state index is 14.2. The van der Waals surface area contributed by atoms with Crippen LogP contribution in [0.2, 0.25) is 0 Å². The van der Waals surface area contributed by atoms with E-state index in [9.17, 15) is 18.4 Å². The van der Waals surface area contributed by atoms with Crippen LogP contribution in [0.4, 0.5) is 8.78 Å². The minimum absolute atomic E-state index is 0.0873. The largest absolute Gasteiger partial charge is 0.476 e. The average molecular weight is 387 g/mol. The summed E-state index contributed by atoms with van der Waals surface area (Å²) in [5, 5.41) is 18.6. The molecule has 1 aromatic carbocycles. The average Bonchev–Trinajstić information content (AvgIpc) is 2.86. The van der Waals surface area contributed by atoms with E-state index in [2.05, 4.69) is 31.6 Å². The Labute approximate surface area is 136 Å². The molecule has 0 aliphatic carbocycles. The van der Waals surface area contributed by atoms with Gasteiger partial charge in [0.05, 0.1) is 12.1 Å². The third kappa shape index (κ3) is 2.38. The fourth-order valence-corrected chi connectivity index (χ4v) is 2.98. The van der Waals surface area contributed by atoms with Crippen LogP contribution < -0.4 is 5.32 Å². The van der Waals surface area contributed by atoms with Crippen molar-refractivity contribution in [3.05, 3.63) is 45.2 Å². The van der Waals surface area contributed by atoms with Gasteiger partial charge in [-0.05, 0) is 19.1 Å². The van der Waals surface area contributed by atoms with Crippen LogP contribution >= 0.6 is 15.9 Å². The number of halogens is 3. The molecule has 0 unspecified atom stereocenters. The first-order valence-corrected chi connectivity index (χ1v) is 7.16. The molecule has 1 aliphatic rings. The number of nitrogens with one attached hydrogen (secondary N) is 1. The quantitative estimate of drug-likeness (QED) is 0.765. The number of fused-ring (bicyclic) bond motifs is 1. The van der Waals surface area contributed by atoms with Gasteiger partial charge in [-0.1, -0.05) is 21.1 Å². The lowest BCUT2D eigenvalue weighted by Crippen LogP contribution is -2.52. The normalized spacial score (nSPS) is 20.1. The monoisotopic (exact) mass is 386 g/mol. The van der Waals surface area contributed by atoms with Crippen LogP contribution in [-0.2, 0) is 12.1 Å². The fraction of sp³-hybridized carbons (Fsp3) is 0.231. The molecule has 0 fully saturated rings. The van der Waals surface area contributed by atoms with Gasteiger partial charge in [0, 0.05) is 10.0 Å². The first-order valence-electron chi connectivity index (χ1n) is 6.37. The van der Waals surface area contributed by atoms with E-state index in [1.54, 1.807) is 0 Å². The van der Waals surface area contributed by atoms with Crippen molar-refractivity contribution in [1.29, 1.82) is 0 Å². The maximum atomic E-state index is 14.2. The molecule has 0 saturated carbocycles. The standard InChI is InChI=1S/C13H9BrF2N4O3/c1-13(6-2-5(14)3-7(15)8(6)16)4-20-10(11(21)17-13)9(12(22)23)18-19-20/h2-3H,4H2,1H3,(H,17,21)(H,22,23)/t13-/m0/s1. The number of nitrogens with zero attached hydrogens (tertiary/aromatic N) is 3. The SMILES string of the molecule is C[C@@]1(c2cc(Br)cc(F)c2F)Cn2nnc(C(=O)O)c2C(=O)N1. The summed E-state index contributed by atoms with van der Waals surface area (Å²) in [5.74, 6) is -4.34. The van der Waals surface area contributed by atoms with E-state index < -0.39 is 34.7 Å². The number of hydrogen-bond donors (Lipinski definition) is 2. The van der Waals surface area contributed by atoms with Crippen LogP contribution in [0.25, 0.3) is 0 Å². The molecule has 1 aliphatic heterocycles. The molecule has 0 saturated heterocycles. The Balaban J connectivity index is 2.12. The summed E-state index contributed by atoms with van der Waals surface area (Å²) in [5.41, 5.74) is -2.13. The van der Waals surface area contributed by atoms with Gasteiger partial charge < -0.3 is 10.4 Å². The maximum Gasteiger partial charge on any atom is 0.358 e. The first kappa shape index (κ1) is 15.5. The smallest absolute Gasteiger partial charge is 0.358 e. The van der Waals surface area contributed by atoms with Crippen LogP contribution in [0.3, 0.4) is 0 Å². The minimum atomic E-state index is -1.40. The van der Waals surface area contributed by atoms with E-state index in [1.165, 1.54) is 13.0 Å². The number of aromatic carboxylic acids is 1. The molecule has 0 spiro atoms. The van der Waals surface area contributed by atoms with Gasteiger partial charge in [-0.15, -0.1) is 5.10 Å². The summed E-state index contributed by atoms with van der Waals surface area (Å²) in [6.45, 7) is 1.39. The molecule has 120 valence electrons. The van der Waals surface area contributed by atoms with Crippen molar-refractivity contribution >= 4 is 27.8 Å². The summed E-state index contributed by atoms with van der Waals surface area (Å²) >= 11 is 3.08. The Morgan fingerprint density at radius 1 is 1.48 bits per heavy atom. The third-order valence-corrected chi connectivity index (χ3v) is 4.05. The number of aromatic nitrogens is 3. The number of rotatable bonds is 2. The van der Waals surface area contributed by atoms with E-state index in [-0.39, 0.29) is 17.8 Å². The molecule has 10 heteroatoms. The molecular weight excluding hydrogens is 378 g/mol. The van der Waals surface area contributed by atoms with Gasteiger partial charge >= 0.3 is 5.97 Å². The zero-order valence-corrected chi connectivity index (χ0v) is 13.2. The highest BCUT2D eigenvalue weighted by Crippen LogP contribution is 2.32. The van der Waals surface area contributed by atoms with Gasteiger partial charge in [0.15, 0.2) is 17.3 Å². The van der Waals surface area contributed by atoms with Crippen molar-refractivity contribution in [2.45, 2.75) is 19.0 Å². The van der Waals surface area contributed by atoms with Crippen LogP contribution in [-0.4, -0.2) is 32.0 Å². The molecule has 2 aromatic rings. The lowest BCUT2D eigenvalue weighted by molar-refractivity contribution is 0.0678. The van der Waals surface area contributed by atoms with E-state index in [0.29, 0.717) is 4.47 Å². The van der Waals surface area contributed by atoms with Crippen molar-refractivity contribution in [2.24, 2.45) is 0 Å². The van der Waals surface area contributed by atoms with Crippen LogP contribution in [0.1, 0.15) is 33.5 Å². The Bertz CT molecular complexity index is 854. The number of carboxylic acids is 1. The lowest BCUT2D eigenvalue weighted by atomic mass is 9.89. The highest BCUT2D eigenvalue weighted by atomic mass is 79.9. The minimum Gasteiger partial charge on any atom is -0.476 e. The molecule has 1 aromatic heterocycles. The number of carboxylic acid groups (broad SMARTS) is 1. The lowest BCUT2D eigenvalue weighted by Gasteiger charge is -2.35. The number of hydrogen-bond acceptors (Lipinski definition) is 4. The highest BCUT2D eigenvalue weighted by molar-refractivity contribution is 9.10. The second-order valence-corrected chi connectivity index (χ2v) is 6.20. The molecule has 7 nitrogen and oxygen atoms in total. The van der Waals surface area contributed by atoms with Crippen molar-refractivity contribution in [3.63, 3.8) is 0 Å². The predicted molar refractivity (Wildman–Crippen MR) is 75.9 cm³/mol. The summed E-state index contributed by atoms with van der Waals surface area (Å²) in [4.78, 5) is 23.3. The molecule has 23 heavy (non-hydrogen) atoms. The van der Waals surface area contributed by atoms with Gasteiger partial charge in [0.2, 0.25) is 5.69 Å². The number of amides is 1. The summed E-state index contributed by atoms with van der Waals surface area (Å²) in [6.07, 6.45) is 0. The topological polar surface area (TPSA) is 97.1 Å². The number of carbonyl (C=O) groups excluding carboxylic acids is 1. The van der Waals surface area contributed by atoms with Crippen molar-refractivity contribution in [1.82, 2.24) is 20.3 Å². The Kier molecular flexibility index (Phi) is 3.43. The molecule has 2 N–H and O–H groups in total. The van der Waals surface area contributed by atoms with Crippen LogP contribution in [0.5, 0.6) is 0 Å². The van der Waals surface area contributed by atoms with E-state index in [0.717, 1.165) is 10.7 Å². The van der Waals surface area contributed by atoms with Gasteiger partial charge in [-0.25, -0.2) is 18.3 Å². The molecule has 0 radical (unpaired) electrons. The second-order valence-electron chi connectivity index (χ2n) is 5.28. The van der Waals surface area contributed by atoms with Gasteiger partial charge in [0.25, 0.3) is 5.91 Å². The van der Waals surface area contributed by atoms with Gasteiger partial charge in [0.1, 0.15) is 0 Å². The van der Waals surface area contributed by atoms with E-state index in [4.69, 9.17) is 5.11 Å². The Hall–Kier alpha value is -2.36. The van der Waals surface area contributed by atoms with Crippen LogP contribution in [0.15, 0.2) is 16.6 Å². The van der Waals surface area contributed by atoms with E-state index in [1.807, 2.05) is 0 Å². The van der Waals surface area contributed by atoms with Crippen molar-refractivity contribution < 1.29 is 23.5 Å². The fourth-order valence-electron chi connectivity index (χ4n) is 2.55. The van der Waals surface area contributed by atoms with Crippen LogP contribution in [0, 0.1) is 11.6 Å². The highest BCUT2D eigenvalue weighted by Gasteiger charge is 2.41. The first-order chi connectivity index (χ1) is 10.7. The zero-order valence-electron chi connectivity index (χ0n) is 11.6. The second kappa shape index (κ2) is 5.08. The van der Waals surface area contributed by atoms with Gasteiger partial charge in [-0.2, -0.15) is 0 Å².